The van der Waals surface area contributed by atoms with Gasteiger partial charge in [0.1, 0.15) is 17.2 Å². The van der Waals surface area contributed by atoms with Gasteiger partial charge in [-0.05, 0) is 25.8 Å². The van der Waals surface area contributed by atoms with Crippen LogP contribution in [0.5, 0.6) is 0 Å². The molecule has 4 rings (SSSR count). The molecule has 12 heteroatoms. The van der Waals surface area contributed by atoms with Gasteiger partial charge >= 0.3 is 6.18 Å². The molecule has 0 unspecified atom stereocenters. The maximum absolute atomic E-state index is 12.8. The number of H-pyrrole nitrogens is 1. The molecule has 2 N–H and O–H groups in total. The van der Waals surface area contributed by atoms with Crippen LogP contribution >= 0.6 is 0 Å². The van der Waals surface area contributed by atoms with Gasteiger partial charge in [0.25, 0.3) is 5.91 Å². The second kappa shape index (κ2) is 8.69. The molecule has 168 valence electrons. The third-order valence-electron chi connectivity index (χ3n) is 5.46. The summed E-state index contributed by atoms with van der Waals surface area (Å²) in [6, 6.07) is 0. The molecule has 0 aromatic carbocycles. The third-order valence-corrected chi connectivity index (χ3v) is 5.46. The molecule has 0 radical (unpaired) electrons. The molecule has 2 aliphatic rings. The monoisotopic (exact) mass is 439 g/mol. The molecular formula is C19H24F3N7O2. The van der Waals surface area contributed by atoms with Crippen molar-refractivity contribution in [3.63, 3.8) is 0 Å². The number of halogens is 3. The summed E-state index contributed by atoms with van der Waals surface area (Å²) in [5.74, 6) is -0.000341. The molecule has 2 aromatic heterocycles. The second-order valence-corrected chi connectivity index (χ2v) is 7.95. The van der Waals surface area contributed by atoms with Crippen LogP contribution in [-0.4, -0.2) is 61.3 Å². The van der Waals surface area contributed by atoms with Gasteiger partial charge < -0.3 is 19.7 Å². The summed E-state index contributed by atoms with van der Waals surface area (Å²) in [6.07, 6.45) is 4.32. The van der Waals surface area contributed by atoms with Crippen molar-refractivity contribution < 1.29 is 22.8 Å². The SMILES string of the molecule is O=C(NCCCn1ccnc1)C1=NO[C@]2(CCCN(Cc3ncc(C(F)(F)F)[nH]3)C2)C1. The van der Waals surface area contributed by atoms with Crippen molar-refractivity contribution in [3.8, 4) is 0 Å². The van der Waals surface area contributed by atoms with Crippen molar-refractivity contribution in [3.05, 3.63) is 36.4 Å². The summed E-state index contributed by atoms with van der Waals surface area (Å²) in [7, 11) is 0. The highest BCUT2D eigenvalue weighted by Crippen LogP contribution is 2.34. The Morgan fingerprint density at radius 1 is 1.39 bits per heavy atom. The molecule has 9 nitrogen and oxygen atoms in total. The van der Waals surface area contributed by atoms with E-state index in [1.807, 2.05) is 15.7 Å². The van der Waals surface area contributed by atoms with E-state index in [2.05, 4.69) is 25.4 Å². The zero-order valence-corrected chi connectivity index (χ0v) is 16.9. The number of carbonyl (C=O) groups is 1. The predicted octanol–water partition coefficient (Wildman–Crippen LogP) is 1.94. The molecule has 1 fully saturated rings. The van der Waals surface area contributed by atoms with Gasteiger partial charge in [0.05, 0.1) is 19.1 Å². The molecule has 0 saturated carbocycles. The van der Waals surface area contributed by atoms with Gasteiger partial charge in [0, 0.05) is 38.4 Å². The van der Waals surface area contributed by atoms with E-state index in [1.165, 1.54) is 0 Å². The highest BCUT2D eigenvalue weighted by molar-refractivity contribution is 6.39. The van der Waals surface area contributed by atoms with Crippen LogP contribution in [0.3, 0.4) is 0 Å². The molecule has 1 amide bonds. The minimum absolute atomic E-state index is 0.247. The number of aromatic amines is 1. The average molecular weight is 439 g/mol. The molecule has 31 heavy (non-hydrogen) atoms. The Kier molecular flexibility index (Phi) is 5.99. The number of hydrogen-bond acceptors (Lipinski definition) is 6. The van der Waals surface area contributed by atoms with Gasteiger partial charge in [-0.3, -0.25) is 9.69 Å². The van der Waals surface area contributed by atoms with Gasteiger partial charge in [-0.1, -0.05) is 5.16 Å². The molecular weight excluding hydrogens is 415 g/mol. The summed E-state index contributed by atoms with van der Waals surface area (Å²) in [4.78, 5) is 30.2. The zero-order chi connectivity index (χ0) is 21.9. The minimum Gasteiger partial charge on any atom is -0.387 e. The summed E-state index contributed by atoms with van der Waals surface area (Å²) >= 11 is 0. The van der Waals surface area contributed by atoms with Crippen LogP contribution in [0.25, 0.3) is 0 Å². The number of aromatic nitrogens is 4. The van der Waals surface area contributed by atoms with Gasteiger partial charge in [-0.15, -0.1) is 0 Å². The van der Waals surface area contributed by atoms with E-state index in [-0.39, 0.29) is 18.3 Å². The molecule has 0 bridgehead atoms. The van der Waals surface area contributed by atoms with Crippen LogP contribution in [-0.2, 0) is 28.9 Å². The molecule has 1 atom stereocenters. The van der Waals surface area contributed by atoms with Crippen molar-refractivity contribution in [2.45, 2.75) is 50.6 Å². The highest BCUT2D eigenvalue weighted by atomic mass is 19.4. The normalized spacial score (nSPS) is 21.8. The van der Waals surface area contributed by atoms with Gasteiger partial charge in [-0.2, -0.15) is 13.2 Å². The van der Waals surface area contributed by atoms with E-state index >= 15 is 0 Å². The van der Waals surface area contributed by atoms with Crippen molar-refractivity contribution in [2.24, 2.45) is 5.16 Å². The zero-order valence-electron chi connectivity index (χ0n) is 16.9. The van der Waals surface area contributed by atoms with E-state index in [0.717, 1.165) is 32.0 Å². The molecule has 4 heterocycles. The van der Waals surface area contributed by atoms with Crippen LogP contribution in [0.1, 0.15) is 37.2 Å². The fraction of sp³-hybridized carbons (Fsp3) is 0.579. The molecule has 1 saturated heterocycles. The van der Waals surface area contributed by atoms with Crippen molar-refractivity contribution >= 4 is 11.6 Å². The number of oxime groups is 1. The van der Waals surface area contributed by atoms with Gasteiger partial charge in [0.2, 0.25) is 0 Å². The summed E-state index contributed by atoms with van der Waals surface area (Å²) in [5.41, 5.74) is -1.13. The first-order valence-electron chi connectivity index (χ1n) is 10.2. The number of hydrogen-bond donors (Lipinski definition) is 2. The van der Waals surface area contributed by atoms with Crippen LogP contribution in [0.4, 0.5) is 13.2 Å². The predicted molar refractivity (Wildman–Crippen MR) is 104 cm³/mol. The lowest BCUT2D eigenvalue weighted by molar-refractivity contribution is -0.141. The number of likely N-dealkylation sites (tertiary alicyclic amines) is 1. The topological polar surface area (TPSA) is 100 Å². The summed E-state index contributed by atoms with van der Waals surface area (Å²) < 4.78 is 40.2. The van der Waals surface area contributed by atoms with Gasteiger partial charge in [-0.25, -0.2) is 9.97 Å². The summed E-state index contributed by atoms with van der Waals surface area (Å²) in [5, 5.41) is 6.87. The van der Waals surface area contributed by atoms with E-state index in [9.17, 15) is 18.0 Å². The van der Waals surface area contributed by atoms with E-state index < -0.39 is 17.5 Å². The number of piperidine rings is 1. The maximum atomic E-state index is 12.8. The van der Waals surface area contributed by atoms with Gasteiger partial charge in [0.15, 0.2) is 5.60 Å². The van der Waals surface area contributed by atoms with E-state index in [4.69, 9.17) is 4.84 Å². The maximum Gasteiger partial charge on any atom is 0.432 e. The quantitative estimate of drug-likeness (QED) is 0.643. The molecule has 2 aromatic rings. The van der Waals surface area contributed by atoms with E-state index in [0.29, 0.717) is 31.8 Å². The molecule has 0 aliphatic carbocycles. The Hall–Kier alpha value is -2.89. The Labute approximate surface area is 176 Å². The fourth-order valence-corrected chi connectivity index (χ4v) is 3.97. The Balaban J connectivity index is 1.25. The number of carbonyl (C=O) groups excluding carboxylic acids is 1. The van der Waals surface area contributed by atoms with Crippen LogP contribution in [0, 0.1) is 0 Å². The van der Waals surface area contributed by atoms with Crippen molar-refractivity contribution in [1.82, 2.24) is 29.7 Å². The number of rotatable bonds is 7. The third kappa shape index (κ3) is 5.24. The lowest BCUT2D eigenvalue weighted by Gasteiger charge is -2.37. The number of nitrogens with one attached hydrogen (secondary N) is 2. The highest BCUT2D eigenvalue weighted by Gasteiger charge is 2.44. The first-order valence-corrected chi connectivity index (χ1v) is 10.2. The van der Waals surface area contributed by atoms with Crippen molar-refractivity contribution in [1.29, 1.82) is 0 Å². The number of imidazole rings is 2. The molecule has 2 aliphatic heterocycles. The van der Waals surface area contributed by atoms with Crippen LogP contribution < -0.4 is 5.32 Å². The average Bonchev–Trinajstić information content (AvgIpc) is 3.46. The van der Waals surface area contributed by atoms with E-state index in [1.54, 1.807) is 12.5 Å². The Morgan fingerprint density at radius 2 is 2.26 bits per heavy atom. The lowest BCUT2D eigenvalue weighted by Crippen LogP contribution is -2.48. The second-order valence-electron chi connectivity index (χ2n) is 7.95. The van der Waals surface area contributed by atoms with Crippen LogP contribution in [0.2, 0.25) is 0 Å². The summed E-state index contributed by atoms with van der Waals surface area (Å²) in [6.45, 7) is 2.69. The fourth-order valence-electron chi connectivity index (χ4n) is 3.97. The number of alkyl halides is 3. The number of amides is 1. The first-order chi connectivity index (χ1) is 14.8. The van der Waals surface area contributed by atoms with Crippen molar-refractivity contribution in [2.75, 3.05) is 19.6 Å². The number of nitrogens with zero attached hydrogens (tertiary/aromatic N) is 5. The van der Waals surface area contributed by atoms with Crippen LogP contribution in [0.15, 0.2) is 30.1 Å². The first kappa shape index (κ1) is 21.3. The smallest absolute Gasteiger partial charge is 0.387 e. The standard InChI is InChI=1S/C19H24F3N7O2/c20-19(21,22)15-10-25-16(26-15)11-29-6-1-3-18(12-29)9-14(27-31-18)17(30)24-4-2-7-28-8-5-23-13-28/h5,8,10,13H,1-4,6-7,9,11-12H2,(H,24,30)(H,25,26)/t18-/m1/s1. The Bertz CT molecular complexity index is 925. The molecule has 1 spiro atoms. The number of aryl methyl sites for hydroxylation is 1. The Morgan fingerprint density at radius 3 is 3.00 bits per heavy atom. The largest absolute Gasteiger partial charge is 0.432 e. The lowest BCUT2D eigenvalue weighted by atomic mass is 9.88. The minimum atomic E-state index is -4.45.